The molecule has 0 aromatic heterocycles. The van der Waals surface area contributed by atoms with E-state index < -0.39 is 0 Å². The van der Waals surface area contributed by atoms with E-state index in [9.17, 15) is 0 Å². The van der Waals surface area contributed by atoms with Gasteiger partial charge in [-0.1, -0.05) is 26.7 Å². The van der Waals surface area contributed by atoms with Crippen LogP contribution in [0.3, 0.4) is 0 Å². The van der Waals surface area contributed by atoms with Crippen molar-refractivity contribution in [1.82, 2.24) is 10.2 Å². The Balaban J connectivity index is 2.22. The third-order valence-electron chi connectivity index (χ3n) is 3.82. The monoisotopic (exact) mass is 226 g/mol. The number of rotatable bonds is 9. The molecule has 0 amide bonds. The van der Waals surface area contributed by atoms with Gasteiger partial charge >= 0.3 is 0 Å². The highest BCUT2D eigenvalue weighted by molar-refractivity contribution is 4.77. The second kappa shape index (κ2) is 8.08. The van der Waals surface area contributed by atoms with E-state index in [1.807, 2.05) is 0 Å². The minimum atomic E-state index is 0.747. The van der Waals surface area contributed by atoms with Crippen LogP contribution in [0.25, 0.3) is 0 Å². The van der Waals surface area contributed by atoms with Crippen LogP contribution >= 0.6 is 0 Å². The minimum Gasteiger partial charge on any atom is -0.315 e. The fraction of sp³-hybridized carbons (Fsp3) is 1.00. The van der Waals surface area contributed by atoms with Crippen LogP contribution in [0.4, 0.5) is 0 Å². The van der Waals surface area contributed by atoms with E-state index in [4.69, 9.17) is 0 Å². The molecule has 0 radical (unpaired) electrons. The molecule has 1 aliphatic rings. The molecule has 1 saturated carbocycles. The smallest absolute Gasteiger partial charge is 0.0217 e. The topological polar surface area (TPSA) is 15.3 Å². The molecule has 1 rings (SSSR count). The molecule has 1 aliphatic carbocycles. The molecular formula is C14H30N2. The Bertz CT molecular complexity index is 166. The highest BCUT2D eigenvalue weighted by Gasteiger charge is 2.22. The van der Waals surface area contributed by atoms with Crippen molar-refractivity contribution in [2.75, 3.05) is 26.7 Å². The van der Waals surface area contributed by atoms with E-state index in [2.05, 4.69) is 31.1 Å². The zero-order chi connectivity index (χ0) is 11.8. The predicted octanol–water partition coefficient (Wildman–Crippen LogP) is 2.89. The predicted molar refractivity (Wildman–Crippen MR) is 71.8 cm³/mol. The van der Waals surface area contributed by atoms with Gasteiger partial charge < -0.3 is 10.2 Å². The molecule has 16 heavy (non-hydrogen) atoms. The van der Waals surface area contributed by atoms with E-state index in [0.29, 0.717) is 0 Å². The summed E-state index contributed by atoms with van der Waals surface area (Å²) in [5.41, 5.74) is 0. The van der Waals surface area contributed by atoms with Crippen LogP contribution in [-0.4, -0.2) is 37.6 Å². The third kappa shape index (κ3) is 4.84. The Kier molecular flexibility index (Phi) is 7.06. The van der Waals surface area contributed by atoms with Crippen LogP contribution in [0.1, 0.15) is 52.4 Å². The quantitative estimate of drug-likeness (QED) is 0.608. The fourth-order valence-electron chi connectivity index (χ4n) is 2.49. The molecule has 96 valence electrons. The maximum Gasteiger partial charge on any atom is 0.0217 e. The van der Waals surface area contributed by atoms with Crippen LogP contribution in [0, 0.1) is 5.92 Å². The maximum absolute atomic E-state index is 3.57. The van der Waals surface area contributed by atoms with Crippen molar-refractivity contribution in [3.63, 3.8) is 0 Å². The van der Waals surface area contributed by atoms with Crippen molar-refractivity contribution in [3.05, 3.63) is 0 Å². The van der Waals surface area contributed by atoms with Crippen LogP contribution in [0.15, 0.2) is 0 Å². The van der Waals surface area contributed by atoms with Gasteiger partial charge in [0, 0.05) is 19.1 Å². The summed E-state index contributed by atoms with van der Waals surface area (Å²) in [5, 5.41) is 3.57. The van der Waals surface area contributed by atoms with Crippen molar-refractivity contribution in [2.24, 2.45) is 5.92 Å². The van der Waals surface area contributed by atoms with E-state index in [0.717, 1.165) is 18.5 Å². The second-order valence-electron chi connectivity index (χ2n) is 5.38. The lowest BCUT2D eigenvalue weighted by molar-refractivity contribution is 0.153. The van der Waals surface area contributed by atoms with Gasteiger partial charge in [-0.3, -0.25) is 0 Å². The molecule has 0 saturated heterocycles. The summed E-state index contributed by atoms with van der Waals surface area (Å²) in [7, 11) is 2.31. The largest absolute Gasteiger partial charge is 0.315 e. The summed E-state index contributed by atoms with van der Waals surface area (Å²) in [5.74, 6) is 0.996. The van der Waals surface area contributed by atoms with Crippen molar-refractivity contribution in [1.29, 1.82) is 0 Å². The lowest BCUT2D eigenvalue weighted by Gasteiger charge is -2.35. The standard InChI is InChI=1S/C14H30N2/c1-4-7-14(11-15-10-5-2)16(3)12-13-8-6-9-13/h13-15H,4-12H2,1-3H3. The molecule has 0 aromatic carbocycles. The Hall–Kier alpha value is -0.0800. The Morgan fingerprint density at radius 1 is 1.25 bits per heavy atom. The molecule has 1 unspecified atom stereocenters. The number of likely N-dealkylation sites (N-methyl/N-ethyl adjacent to an activating group) is 1. The zero-order valence-corrected chi connectivity index (χ0v) is 11.5. The van der Waals surface area contributed by atoms with Gasteiger partial charge in [0.05, 0.1) is 0 Å². The van der Waals surface area contributed by atoms with Gasteiger partial charge in [-0.15, -0.1) is 0 Å². The van der Waals surface area contributed by atoms with Crippen LogP contribution in [0.5, 0.6) is 0 Å². The lowest BCUT2D eigenvalue weighted by atomic mass is 9.85. The number of hydrogen-bond acceptors (Lipinski definition) is 2. The van der Waals surface area contributed by atoms with Crippen molar-refractivity contribution >= 4 is 0 Å². The highest BCUT2D eigenvalue weighted by atomic mass is 15.1. The van der Waals surface area contributed by atoms with Gasteiger partial charge in [0.15, 0.2) is 0 Å². The van der Waals surface area contributed by atoms with Gasteiger partial charge in [0.1, 0.15) is 0 Å². The molecule has 0 aliphatic heterocycles. The first-order chi connectivity index (χ1) is 7.77. The molecular weight excluding hydrogens is 196 g/mol. The number of hydrogen-bond donors (Lipinski definition) is 1. The molecule has 1 N–H and O–H groups in total. The number of nitrogens with zero attached hydrogens (tertiary/aromatic N) is 1. The van der Waals surface area contributed by atoms with E-state index in [-0.39, 0.29) is 0 Å². The first-order valence-electron chi connectivity index (χ1n) is 7.18. The summed E-state index contributed by atoms with van der Waals surface area (Å²) in [6, 6.07) is 0.747. The summed E-state index contributed by atoms with van der Waals surface area (Å²) in [4.78, 5) is 2.59. The van der Waals surface area contributed by atoms with E-state index in [1.54, 1.807) is 0 Å². The molecule has 1 atom stereocenters. The summed E-state index contributed by atoms with van der Waals surface area (Å²) in [6.07, 6.45) is 8.26. The molecule has 0 spiro atoms. The van der Waals surface area contributed by atoms with Crippen molar-refractivity contribution in [2.45, 2.75) is 58.4 Å². The van der Waals surface area contributed by atoms with Crippen LogP contribution < -0.4 is 5.32 Å². The molecule has 0 heterocycles. The average molecular weight is 226 g/mol. The summed E-state index contributed by atoms with van der Waals surface area (Å²) >= 11 is 0. The molecule has 0 bridgehead atoms. The van der Waals surface area contributed by atoms with Gasteiger partial charge in [0.25, 0.3) is 0 Å². The first-order valence-corrected chi connectivity index (χ1v) is 7.18. The van der Waals surface area contributed by atoms with Gasteiger partial charge in [-0.25, -0.2) is 0 Å². The SMILES string of the molecule is CCCNCC(CCC)N(C)CC1CCC1. The van der Waals surface area contributed by atoms with Gasteiger partial charge in [-0.2, -0.15) is 0 Å². The average Bonchev–Trinajstić information content (AvgIpc) is 2.22. The summed E-state index contributed by atoms with van der Waals surface area (Å²) in [6.45, 7) is 8.19. The number of nitrogens with one attached hydrogen (secondary N) is 1. The Morgan fingerprint density at radius 2 is 2.00 bits per heavy atom. The molecule has 2 heteroatoms. The lowest BCUT2D eigenvalue weighted by Crippen LogP contribution is -2.43. The van der Waals surface area contributed by atoms with E-state index in [1.165, 1.54) is 51.6 Å². The normalized spacial score (nSPS) is 18.8. The first kappa shape index (κ1) is 14.0. The molecule has 1 fully saturated rings. The van der Waals surface area contributed by atoms with Crippen molar-refractivity contribution in [3.8, 4) is 0 Å². The Labute approximate surface area is 102 Å². The highest BCUT2D eigenvalue weighted by Crippen LogP contribution is 2.27. The van der Waals surface area contributed by atoms with Crippen LogP contribution in [-0.2, 0) is 0 Å². The van der Waals surface area contributed by atoms with Crippen molar-refractivity contribution < 1.29 is 0 Å². The van der Waals surface area contributed by atoms with Crippen LogP contribution in [0.2, 0.25) is 0 Å². The molecule has 0 aromatic rings. The minimum absolute atomic E-state index is 0.747. The maximum atomic E-state index is 3.57. The Morgan fingerprint density at radius 3 is 2.50 bits per heavy atom. The second-order valence-corrected chi connectivity index (χ2v) is 5.38. The fourth-order valence-corrected chi connectivity index (χ4v) is 2.49. The van der Waals surface area contributed by atoms with Gasteiger partial charge in [-0.05, 0) is 45.2 Å². The summed E-state index contributed by atoms with van der Waals surface area (Å²) < 4.78 is 0. The molecule has 2 nitrogen and oxygen atoms in total. The zero-order valence-electron chi connectivity index (χ0n) is 11.5. The van der Waals surface area contributed by atoms with Gasteiger partial charge in [0.2, 0.25) is 0 Å². The third-order valence-corrected chi connectivity index (χ3v) is 3.82. The van der Waals surface area contributed by atoms with E-state index >= 15 is 0 Å².